The van der Waals surface area contributed by atoms with Gasteiger partial charge in [0.25, 0.3) is 0 Å². The van der Waals surface area contributed by atoms with Crippen LogP contribution in [0.15, 0.2) is 5.10 Å². The summed E-state index contributed by atoms with van der Waals surface area (Å²) in [6.45, 7) is 3.13. The molecule has 0 radical (unpaired) electrons. The predicted octanol–water partition coefficient (Wildman–Crippen LogP) is 0.0677. The highest BCUT2D eigenvalue weighted by Crippen LogP contribution is 2.11. The molecule has 0 aromatic rings. The third-order valence-corrected chi connectivity index (χ3v) is 1.67. The fourth-order valence-corrected chi connectivity index (χ4v) is 0.982. The summed E-state index contributed by atoms with van der Waals surface area (Å²) in [5, 5.41) is 13.4. The summed E-state index contributed by atoms with van der Waals surface area (Å²) >= 11 is 0. The number of carbonyl (C=O) groups excluding carboxylic acids is 1. The Hall–Kier alpha value is -1.39. The van der Waals surface area contributed by atoms with Gasteiger partial charge in [0.1, 0.15) is 6.04 Å². The van der Waals surface area contributed by atoms with Gasteiger partial charge in [-0.2, -0.15) is 5.10 Å². The lowest BCUT2D eigenvalue weighted by molar-refractivity contribution is -0.148. The van der Waals surface area contributed by atoms with Gasteiger partial charge < -0.3 is 5.11 Å². The van der Waals surface area contributed by atoms with E-state index < -0.39 is 12.0 Å². The second-order valence-corrected chi connectivity index (χ2v) is 2.76. The van der Waals surface area contributed by atoms with Crippen LogP contribution in [-0.2, 0) is 9.59 Å². The highest BCUT2D eigenvalue weighted by Gasteiger charge is 2.29. The Kier molecular flexibility index (Phi) is 2.12. The van der Waals surface area contributed by atoms with E-state index in [0.29, 0.717) is 5.71 Å². The Labute approximate surface area is 69.7 Å². The van der Waals surface area contributed by atoms with Crippen molar-refractivity contribution in [2.24, 2.45) is 5.10 Å². The van der Waals surface area contributed by atoms with Gasteiger partial charge in [0.2, 0.25) is 5.91 Å². The maximum atomic E-state index is 11.1. The largest absolute Gasteiger partial charge is 0.480 e. The molecule has 0 aromatic heterocycles. The SMILES string of the molecule is CC1=NN(C(C)C(=O)O)C(=O)C1. The van der Waals surface area contributed by atoms with Gasteiger partial charge in [0.05, 0.1) is 6.42 Å². The molecule has 1 unspecified atom stereocenters. The van der Waals surface area contributed by atoms with Crippen molar-refractivity contribution in [1.29, 1.82) is 0 Å². The molecule has 0 aromatic carbocycles. The molecule has 1 N–H and O–H groups in total. The molecular formula is C7H10N2O3. The number of hydrogen-bond donors (Lipinski definition) is 1. The second-order valence-electron chi connectivity index (χ2n) is 2.76. The van der Waals surface area contributed by atoms with Gasteiger partial charge in [-0.3, -0.25) is 4.79 Å². The number of nitrogens with zero attached hydrogens (tertiary/aromatic N) is 2. The van der Waals surface area contributed by atoms with Gasteiger partial charge in [-0.1, -0.05) is 0 Å². The molecule has 1 rings (SSSR count). The summed E-state index contributed by atoms with van der Waals surface area (Å²) in [5.41, 5.74) is 0.660. The van der Waals surface area contributed by atoms with Crippen molar-refractivity contribution < 1.29 is 14.7 Å². The topological polar surface area (TPSA) is 70.0 Å². The smallest absolute Gasteiger partial charge is 0.328 e. The van der Waals surface area contributed by atoms with E-state index in [0.717, 1.165) is 5.01 Å². The first kappa shape index (κ1) is 8.70. The summed E-state index contributed by atoms with van der Waals surface area (Å²) in [4.78, 5) is 21.6. The van der Waals surface area contributed by atoms with Crippen LogP contribution in [0.3, 0.4) is 0 Å². The van der Waals surface area contributed by atoms with E-state index in [-0.39, 0.29) is 12.3 Å². The molecule has 0 saturated carbocycles. The molecule has 1 amide bonds. The van der Waals surface area contributed by atoms with Gasteiger partial charge in [0, 0.05) is 5.71 Å². The van der Waals surface area contributed by atoms with Crippen molar-refractivity contribution in [3.05, 3.63) is 0 Å². The van der Waals surface area contributed by atoms with Crippen LogP contribution in [0.2, 0.25) is 0 Å². The predicted molar refractivity (Wildman–Crippen MR) is 41.7 cm³/mol. The first-order valence-electron chi connectivity index (χ1n) is 3.61. The van der Waals surface area contributed by atoms with Gasteiger partial charge in [-0.15, -0.1) is 0 Å². The van der Waals surface area contributed by atoms with Gasteiger partial charge >= 0.3 is 5.97 Å². The Morgan fingerprint density at radius 1 is 1.75 bits per heavy atom. The minimum atomic E-state index is -1.04. The molecule has 12 heavy (non-hydrogen) atoms. The number of rotatable bonds is 2. The lowest BCUT2D eigenvalue weighted by atomic mass is 10.3. The summed E-state index contributed by atoms with van der Waals surface area (Å²) in [5.74, 6) is -1.29. The first-order valence-corrected chi connectivity index (χ1v) is 3.61. The van der Waals surface area contributed by atoms with Gasteiger partial charge in [0.15, 0.2) is 0 Å². The quantitative estimate of drug-likeness (QED) is 0.637. The van der Waals surface area contributed by atoms with Crippen molar-refractivity contribution in [3.63, 3.8) is 0 Å². The highest BCUT2D eigenvalue weighted by molar-refractivity contribution is 6.04. The molecule has 1 aliphatic heterocycles. The van der Waals surface area contributed by atoms with Gasteiger partial charge in [-0.05, 0) is 13.8 Å². The van der Waals surface area contributed by atoms with Crippen molar-refractivity contribution >= 4 is 17.6 Å². The van der Waals surface area contributed by atoms with E-state index >= 15 is 0 Å². The van der Waals surface area contributed by atoms with E-state index in [1.54, 1.807) is 6.92 Å². The van der Waals surface area contributed by atoms with Crippen LogP contribution in [-0.4, -0.2) is 33.7 Å². The Morgan fingerprint density at radius 3 is 2.67 bits per heavy atom. The summed E-state index contributed by atoms with van der Waals surface area (Å²) in [7, 11) is 0. The molecule has 0 spiro atoms. The Morgan fingerprint density at radius 2 is 2.33 bits per heavy atom. The van der Waals surface area contributed by atoms with E-state index in [9.17, 15) is 9.59 Å². The molecule has 1 aliphatic rings. The Balaban J connectivity index is 2.76. The van der Waals surface area contributed by atoms with Crippen LogP contribution in [0.5, 0.6) is 0 Å². The highest BCUT2D eigenvalue weighted by atomic mass is 16.4. The summed E-state index contributed by atoms with van der Waals surface area (Å²) < 4.78 is 0. The zero-order valence-corrected chi connectivity index (χ0v) is 6.94. The van der Waals surface area contributed by atoms with Crippen LogP contribution in [0.1, 0.15) is 20.3 Å². The number of carboxylic acid groups (broad SMARTS) is 1. The van der Waals surface area contributed by atoms with Crippen molar-refractivity contribution in [2.75, 3.05) is 0 Å². The van der Waals surface area contributed by atoms with E-state index in [1.807, 2.05) is 0 Å². The third-order valence-electron chi connectivity index (χ3n) is 1.67. The second kappa shape index (κ2) is 2.92. The molecule has 5 heteroatoms. The molecule has 5 nitrogen and oxygen atoms in total. The van der Waals surface area contributed by atoms with Crippen LogP contribution in [0.25, 0.3) is 0 Å². The standard InChI is InChI=1S/C7H10N2O3/c1-4-3-6(10)9(8-4)5(2)7(11)12/h5H,3H2,1-2H3,(H,11,12). The zero-order valence-electron chi connectivity index (χ0n) is 6.94. The summed E-state index contributed by atoms with van der Waals surface area (Å²) in [6.07, 6.45) is 0.234. The zero-order chi connectivity index (χ0) is 9.30. The lowest BCUT2D eigenvalue weighted by Gasteiger charge is -2.15. The van der Waals surface area contributed by atoms with E-state index in [2.05, 4.69) is 5.10 Å². The normalized spacial score (nSPS) is 19.3. The minimum Gasteiger partial charge on any atom is -0.480 e. The average Bonchev–Trinajstić information content (AvgIpc) is 2.28. The monoisotopic (exact) mass is 170 g/mol. The molecule has 0 saturated heterocycles. The molecule has 1 atom stereocenters. The van der Waals surface area contributed by atoms with E-state index in [4.69, 9.17) is 5.11 Å². The van der Waals surface area contributed by atoms with Crippen molar-refractivity contribution in [3.8, 4) is 0 Å². The molecule has 0 aliphatic carbocycles. The van der Waals surface area contributed by atoms with Crippen molar-refractivity contribution in [1.82, 2.24) is 5.01 Å². The van der Waals surface area contributed by atoms with E-state index in [1.165, 1.54) is 6.92 Å². The van der Waals surface area contributed by atoms with Crippen LogP contribution in [0, 0.1) is 0 Å². The average molecular weight is 170 g/mol. The van der Waals surface area contributed by atoms with Crippen LogP contribution < -0.4 is 0 Å². The number of hydrazone groups is 1. The third kappa shape index (κ3) is 1.44. The number of hydrogen-bond acceptors (Lipinski definition) is 3. The summed E-state index contributed by atoms with van der Waals surface area (Å²) in [6, 6.07) is -0.866. The number of amides is 1. The fraction of sp³-hybridized carbons (Fsp3) is 0.571. The number of carboxylic acids is 1. The first-order chi connectivity index (χ1) is 5.52. The molecule has 66 valence electrons. The minimum absolute atomic E-state index is 0.234. The van der Waals surface area contributed by atoms with Crippen molar-refractivity contribution in [2.45, 2.75) is 26.3 Å². The fourth-order valence-electron chi connectivity index (χ4n) is 0.982. The number of carbonyl (C=O) groups is 2. The van der Waals surface area contributed by atoms with Crippen LogP contribution in [0.4, 0.5) is 0 Å². The Bertz CT molecular complexity index is 259. The molecule has 1 heterocycles. The van der Waals surface area contributed by atoms with Gasteiger partial charge in [-0.25, -0.2) is 9.80 Å². The molecule has 0 fully saturated rings. The maximum absolute atomic E-state index is 11.1. The van der Waals surface area contributed by atoms with Crippen LogP contribution >= 0.6 is 0 Å². The molecule has 0 bridgehead atoms. The lowest BCUT2D eigenvalue weighted by Crippen LogP contribution is -2.36. The number of aliphatic carboxylic acids is 1. The molecular weight excluding hydrogens is 160 g/mol. The maximum Gasteiger partial charge on any atom is 0.328 e.